The Morgan fingerprint density at radius 3 is 2.37 bits per heavy atom. The Labute approximate surface area is 207 Å². The first-order valence-corrected chi connectivity index (χ1v) is 11.3. The topological polar surface area (TPSA) is 76.1 Å². The van der Waals surface area contributed by atoms with Gasteiger partial charge in [-0.15, -0.1) is 0 Å². The predicted octanol–water partition coefficient (Wildman–Crippen LogP) is 6.95. The van der Waals surface area contributed by atoms with Gasteiger partial charge in [0.2, 0.25) is 5.95 Å². The highest BCUT2D eigenvalue weighted by atomic mass is 35.5. The van der Waals surface area contributed by atoms with Gasteiger partial charge in [0.15, 0.2) is 0 Å². The zero-order chi connectivity index (χ0) is 24.2. The molecule has 0 aliphatic carbocycles. The van der Waals surface area contributed by atoms with Gasteiger partial charge in [0.25, 0.3) is 5.91 Å². The SMILES string of the molecule is COc1ccccc1NC(=O)c1ccc(Nc2nc(-c3ccccc3)c3cc(Cl)ccc3n2)cc1. The van der Waals surface area contributed by atoms with E-state index in [9.17, 15) is 4.79 Å². The second-order valence-electron chi connectivity index (χ2n) is 7.78. The largest absolute Gasteiger partial charge is 0.495 e. The van der Waals surface area contributed by atoms with Crippen molar-refractivity contribution in [3.8, 4) is 17.0 Å². The van der Waals surface area contributed by atoms with Crippen LogP contribution in [0.4, 0.5) is 17.3 Å². The summed E-state index contributed by atoms with van der Waals surface area (Å²) in [5.41, 5.74) is 4.41. The highest BCUT2D eigenvalue weighted by molar-refractivity contribution is 6.31. The lowest BCUT2D eigenvalue weighted by Gasteiger charge is -2.12. The summed E-state index contributed by atoms with van der Waals surface area (Å²) in [6, 6.07) is 29.9. The van der Waals surface area contributed by atoms with E-state index in [0.717, 1.165) is 27.8 Å². The Morgan fingerprint density at radius 2 is 1.60 bits per heavy atom. The normalized spacial score (nSPS) is 10.7. The summed E-state index contributed by atoms with van der Waals surface area (Å²) in [4.78, 5) is 22.1. The number of hydrogen-bond donors (Lipinski definition) is 2. The predicted molar refractivity (Wildman–Crippen MR) is 141 cm³/mol. The lowest BCUT2D eigenvalue weighted by atomic mass is 10.1. The molecule has 0 unspecified atom stereocenters. The second-order valence-corrected chi connectivity index (χ2v) is 8.22. The van der Waals surface area contributed by atoms with Crippen LogP contribution in [0, 0.1) is 0 Å². The molecule has 4 aromatic carbocycles. The van der Waals surface area contributed by atoms with Gasteiger partial charge in [-0.2, -0.15) is 0 Å². The molecule has 0 spiro atoms. The molecule has 1 amide bonds. The quantitative estimate of drug-likeness (QED) is 0.275. The van der Waals surface area contributed by atoms with E-state index < -0.39 is 0 Å². The van der Waals surface area contributed by atoms with Crippen LogP contribution in [-0.4, -0.2) is 23.0 Å². The number of halogens is 1. The third kappa shape index (κ3) is 4.93. The fourth-order valence-corrected chi connectivity index (χ4v) is 3.92. The van der Waals surface area contributed by atoms with Crippen molar-refractivity contribution in [3.63, 3.8) is 0 Å². The number of anilines is 3. The number of ether oxygens (including phenoxy) is 1. The third-order valence-corrected chi connectivity index (χ3v) is 5.70. The molecule has 0 atom stereocenters. The molecular formula is C28H21ClN4O2. The van der Waals surface area contributed by atoms with Crippen LogP contribution in [0.5, 0.6) is 5.75 Å². The molecule has 0 saturated carbocycles. The minimum absolute atomic E-state index is 0.230. The number of benzene rings is 4. The number of fused-ring (bicyclic) bond motifs is 1. The number of aromatic nitrogens is 2. The number of nitrogens with zero attached hydrogens (tertiary/aromatic N) is 2. The molecule has 172 valence electrons. The Balaban J connectivity index is 1.40. The van der Waals surface area contributed by atoms with Crippen molar-refractivity contribution in [2.75, 3.05) is 17.7 Å². The first kappa shape index (κ1) is 22.4. The van der Waals surface area contributed by atoms with E-state index in [1.54, 1.807) is 31.4 Å². The van der Waals surface area contributed by atoms with E-state index in [-0.39, 0.29) is 5.91 Å². The number of methoxy groups -OCH3 is 1. The number of para-hydroxylation sites is 2. The minimum atomic E-state index is -0.230. The average molecular weight is 481 g/mol. The van der Waals surface area contributed by atoms with Crippen molar-refractivity contribution in [3.05, 3.63) is 108 Å². The Kier molecular flexibility index (Phi) is 6.28. The maximum atomic E-state index is 12.7. The molecule has 1 heterocycles. The van der Waals surface area contributed by atoms with Crippen molar-refractivity contribution in [1.29, 1.82) is 0 Å². The van der Waals surface area contributed by atoms with E-state index in [1.165, 1.54) is 0 Å². The van der Waals surface area contributed by atoms with Gasteiger partial charge >= 0.3 is 0 Å². The average Bonchev–Trinajstić information content (AvgIpc) is 2.89. The van der Waals surface area contributed by atoms with Gasteiger partial charge in [-0.3, -0.25) is 4.79 Å². The van der Waals surface area contributed by atoms with Crippen LogP contribution in [0.2, 0.25) is 5.02 Å². The van der Waals surface area contributed by atoms with Gasteiger partial charge in [-0.1, -0.05) is 54.1 Å². The zero-order valence-corrected chi connectivity index (χ0v) is 19.6. The highest BCUT2D eigenvalue weighted by Crippen LogP contribution is 2.30. The number of carbonyl (C=O) groups is 1. The monoisotopic (exact) mass is 480 g/mol. The zero-order valence-electron chi connectivity index (χ0n) is 18.8. The molecule has 35 heavy (non-hydrogen) atoms. The van der Waals surface area contributed by atoms with E-state index in [4.69, 9.17) is 21.3 Å². The molecule has 5 aromatic rings. The third-order valence-electron chi connectivity index (χ3n) is 5.46. The minimum Gasteiger partial charge on any atom is -0.495 e. The maximum Gasteiger partial charge on any atom is 0.255 e. The smallest absolute Gasteiger partial charge is 0.255 e. The second kappa shape index (κ2) is 9.83. The van der Waals surface area contributed by atoms with Crippen molar-refractivity contribution >= 4 is 45.7 Å². The van der Waals surface area contributed by atoms with Crippen LogP contribution < -0.4 is 15.4 Å². The molecule has 1 aromatic heterocycles. The number of carbonyl (C=O) groups excluding carboxylic acids is 1. The van der Waals surface area contributed by atoms with Crippen molar-refractivity contribution < 1.29 is 9.53 Å². The van der Waals surface area contributed by atoms with Gasteiger partial charge < -0.3 is 15.4 Å². The van der Waals surface area contributed by atoms with E-state index in [1.807, 2.05) is 72.8 Å². The summed E-state index contributed by atoms with van der Waals surface area (Å²) in [5, 5.41) is 7.62. The Morgan fingerprint density at radius 1 is 0.857 bits per heavy atom. The van der Waals surface area contributed by atoms with Crippen LogP contribution in [-0.2, 0) is 0 Å². The summed E-state index contributed by atoms with van der Waals surface area (Å²) in [7, 11) is 1.57. The molecule has 0 aliphatic rings. The number of amides is 1. The van der Waals surface area contributed by atoms with Gasteiger partial charge in [0.1, 0.15) is 5.75 Å². The summed E-state index contributed by atoms with van der Waals surface area (Å²) in [6.07, 6.45) is 0. The number of rotatable bonds is 6. The lowest BCUT2D eigenvalue weighted by molar-refractivity contribution is 0.102. The van der Waals surface area contributed by atoms with Crippen LogP contribution >= 0.6 is 11.6 Å². The fraction of sp³-hybridized carbons (Fsp3) is 0.0357. The standard InChI is InChI=1S/C28H21ClN4O2/c1-35-25-10-6-5-9-24(25)31-27(34)19-11-14-21(15-12-19)30-28-32-23-16-13-20(29)17-22(23)26(33-28)18-7-3-2-4-8-18/h2-17H,1H3,(H,31,34)(H,30,32,33). The molecule has 6 nitrogen and oxygen atoms in total. The van der Waals surface area contributed by atoms with Gasteiger partial charge in [-0.05, 0) is 54.6 Å². The highest BCUT2D eigenvalue weighted by Gasteiger charge is 2.12. The van der Waals surface area contributed by atoms with Crippen LogP contribution in [0.3, 0.4) is 0 Å². The summed E-state index contributed by atoms with van der Waals surface area (Å²) >= 11 is 6.25. The summed E-state index contributed by atoms with van der Waals surface area (Å²) in [5.74, 6) is 0.819. The first-order chi connectivity index (χ1) is 17.1. The molecule has 0 radical (unpaired) electrons. The number of nitrogens with one attached hydrogen (secondary N) is 2. The van der Waals surface area contributed by atoms with Crippen LogP contribution in [0.25, 0.3) is 22.2 Å². The molecule has 0 fully saturated rings. The molecular weight excluding hydrogens is 460 g/mol. The van der Waals surface area contributed by atoms with Crippen LogP contribution in [0.1, 0.15) is 10.4 Å². The van der Waals surface area contributed by atoms with Crippen molar-refractivity contribution in [2.24, 2.45) is 0 Å². The van der Waals surface area contributed by atoms with Crippen molar-refractivity contribution in [2.45, 2.75) is 0 Å². The molecule has 0 saturated heterocycles. The first-order valence-electron chi connectivity index (χ1n) is 10.9. The van der Waals surface area contributed by atoms with E-state index >= 15 is 0 Å². The molecule has 0 aliphatic heterocycles. The fourth-order valence-electron chi connectivity index (χ4n) is 3.75. The van der Waals surface area contributed by atoms with Crippen LogP contribution in [0.15, 0.2) is 97.1 Å². The Bertz CT molecular complexity index is 1510. The summed E-state index contributed by atoms with van der Waals surface area (Å²) < 4.78 is 5.30. The van der Waals surface area contributed by atoms with Gasteiger partial charge in [0.05, 0.1) is 24.0 Å². The molecule has 2 N–H and O–H groups in total. The molecule has 0 bridgehead atoms. The Hall–Kier alpha value is -4.42. The van der Waals surface area contributed by atoms with Gasteiger partial charge in [0, 0.05) is 27.2 Å². The van der Waals surface area contributed by atoms with Crippen molar-refractivity contribution in [1.82, 2.24) is 9.97 Å². The molecule has 5 rings (SSSR count). The number of hydrogen-bond acceptors (Lipinski definition) is 5. The molecule has 7 heteroatoms. The lowest BCUT2D eigenvalue weighted by Crippen LogP contribution is -2.12. The van der Waals surface area contributed by atoms with E-state index in [0.29, 0.717) is 28.0 Å². The maximum absolute atomic E-state index is 12.7. The van der Waals surface area contributed by atoms with E-state index in [2.05, 4.69) is 15.6 Å². The summed E-state index contributed by atoms with van der Waals surface area (Å²) in [6.45, 7) is 0. The van der Waals surface area contributed by atoms with Gasteiger partial charge in [-0.25, -0.2) is 9.97 Å².